The van der Waals surface area contributed by atoms with Gasteiger partial charge in [0.25, 0.3) is 5.91 Å². The molecule has 9 heteroatoms. The number of hydrogen-bond donors (Lipinski definition) is 0. The van der Waals surface area contributed by atoms with Crippen molar-refractivity contribution in [2.45, 2.75) is 18.5 Å². The van der Waals surface area contributed by atoms with Gasteiger partial charge in [0.15, 0.2) is 0 Å². The van der Waals surface area contributed by atoms with E-state index in [9.17, 15) is 18.0 Å². The van der Waals surface area contributed by atoms with Crippen molar-refractivity contribution in [2.75, 3.05) is 49.1 Å². The van der Waals surface area contributed by atoms with Crippen molar-refractivity contribution in [3.8, 4) is 0 Å². The van der Waals surface area contributed by atoms with Crippen molar-refractivity contribution < 1.29 is 18.0 Å². The molecule has 188 valence electrons. The molecule has 1 atom stereocenters. The molecule has 1 aromatic heterocycles. The second-order valence-corrected chi connectivity index (χ2v) is 9.59. The SMILES string of the molecule is O=C(c1cccc(N2CCN(c3ccc(Cl)cc3)CC2)n1)N1CCC(c2ccccc2C(F)(F)F)C1. The molecule has 2 fully saturated rings. The number of rotatable bonds is 4. The molecule has 2 aliphatic rings. The Bertz CT molecular complexity index is 1230. The largest absolute Gasteiger partial charge is 0.416 e. The lowest BCUT2D eigenvalue weighted by molar-refractivity contribution is -0.138. The summed E-state index contributed by atoms with van der Waals surface area (Å²) in [5.41, 5.74) is 1.06. The van der Waals surface area contributed by atoms with Crippen molar-refractivity contribution in [3.63, 3.8) is 0 Å². The molecule has 5 nitrogen and oxygen atoms in total. The van der Waals surface area contributed by atoms with E-state index in [1.165, 1.54) is 12.1 Å². The van der Waals surface area contributed by atoms with E-state index in [-0.39, 0.29) is 23.9 Å². The van der Waals surface area contributed by atoms with Crippen LogP contribution in [0.4, 0.5) is 24.7 Å². The van der Waals surface area contributed by atoms with Gasteiger partial charge in [0.05, 0.1) is 5.56 Å². The fourth-order valence-corrected chi connectivity index (χ4v) is 5.16. The van der Waals surface area contributed by atoms with E-state index in [0.717, 1.165) is 43.8 Å². The van der Waals surface area contributed by atoms with Crippen LogP contribution >= 0.6 is 11.6 Å². The zero-order chi connectivity index (χ0) is 25.3. The van der Waals surface area contributed by atoms with E-state index in [0.29, 0.717) is 23.7 Å². The maximum absolute atomic E-state index is 13.5. The number of amides is 1. The first-order valence-electron chi connectivity index (χ1n) is 12.0. The average molecular weight is 515 g/mol. The standard InChI is InChI=1S/C27H26ClF3N4O/c28-20-8-10-21(11-9-20)33-14-16-34(17-15-33)25-7-3-6-24(32-25)26(36)35-13-12-19(18-35)22-4-1-2-5-23(22)27(29,30)31/h1-11,19H,12-18H2. The smallest absolute Gasteiger partial charge is 0.368 e. The highest BCUT2D eigenvalue weighted by Gasteiger charge is 2.37. The van der Waals surface area contributed by atoms with Gasteiger partial charge in [-0.15, -0.1) is 0 Å². The van der Waals surface area contributed by atoms with Gasteiger partial charge in [0, 0.05) is 55.9 Å². The van der Waals surface area contributed by atoms with Crippen molar-refractivity contribution in [2.24, 2.45) is 0 Å². The molecule has 3 heterocycles. The van der Waals surface area contributed by atoms with Crippen LogP contribution in [0.25, 0.3) is 0 Å². The summed E-state index contributed by atoms with van der Waals surface area (Å²) in [6.07, 6.45) is -3.92. The molecule has 1 amide bonds. The number of piperazine rings is 1. The maximum Gasteiger partial charge on any atom is 0.416 e. The molecule has 0 aliphatic carbocycles. The number of aromatic nitrogens is 1. The number of nitrogens with zero attached hydrogens (tertiary/aromatic N) is 4. The Morgan fingerprint density at radius 2 is 1.56 bits per heavy atom. The third kappa shape index (κ3) is 5.14. The predicted molar refractivity (Wildman–Crippen MR) is 135 cm³/mol. The molecular formula is C27H26ClF3N4O. The number of hydrogen-bond acceptors (Lipinski definition) is 4. The van der Waals surface area contributed by atoms with E-state index >= 15 is 0 Å². The Balaban J connectivity index is 1.24. The number of likely N-dealkylation sites (tertiary alicyclic amines) is 1. The van der Waals surface area contributed by atoms with Crippen LogP contribution < -0.4 is 9.80 Å². The first-order valence-corrected chi connectivity index (χ1v) is 12.4. The van der Waals surface area contributed by atoms with Gasteiger partial charge in [-0.25, -0.2) is 4.98 Å². The van der Waals surface area contributed by atoms with E-state index < -0.39 is 11.7 Å². The molecule has 0 spiro atoms. The fourth-order valence-electron chi connectivity index (χ4n) is 5.04. The molecule has 2 aromatic carbocycles. The van der Waals surface area contributed by atoms with Crippen LogP contribution in [-0.4, -0.2) is 55.1 Å². The van der Waals surface area contributed by atoms with Crippen molar-refractivity contribution in [1.29, 1.82) is 0 Å². The second kappa shape index (κ2) is 10.0. The fraction of sp³-hybridized carbons (Fsp3) is 0.333. The summed E-state index contributed by atoms with van der Waals surface area (Å²) < 4.78 is 40.4. The monoisotopic (exact) mass is 514 g/mol. The summed E-state index contributed by atoms with van der Waals surface area (Å²) in [4.78, 5) is 23.9. The van der Waals surface area contributed by atoms with Gasteiger partial charge >= 0.3 is 6.18 Å². The third-order valence-electron chi connectivity index (χ3n) is 6.93. The number of anilines is 2. The number of pyridine rings is 1. The summed E-state index contributed by atoms with van der Waals surface area (Å²) in [5, 5.41) is 0.706. The lowest BCUT2D eigenvalue weighted by Crippen LogP contribution is -2.47. The van der Waals surface area contributed by atoms with Gasteiger partial charge in [0.2, 0.25) is 0 Å². The van der Waals surface area contributed by atoms with Crippen LogP contribution in [0.5, 0.6) is 0 Å². The number of carbonyl (C=O) groups is 1. The molecule has 1 unspecified atom stereocenters. The van der Waals surface area contributed by atoms with Gasteiger partial charge in [0.1, 0.15) is 11.5 Å². The van der Waals surface area contributed by atoms with Gasteiger partial charge < -0.3 is 14.7 Å². The molecule has 0 N–H and O–H groups in total. The zero-order valence-corrected chi connectivity index (χ0v) is 20.3. The van der Waals surface area contributed by atoms with Crippen LogP contribution in [-0.2, 0) is 6.18 Å². The molecule has 2 saturated heterocycles. The Morgan fingerprint density at radius 1 is 0.861 bits per heavy atom. The van der Waals surface area contributed by atoms with E-state index in [4.69, 9.17) is 11.6 Å². The van der Waals surface area contributed by atoms with Crippen LogP contribution in [0.2, 0.25) is 5.02 Å². The molecule has 0 saturated carbocycles. The van der Waals surface area contributed by atoms with Gasteiger partial charge in [-0.05, 0) is 54.4 Å². The minimum atomic E-state index is -4.42. The van der Waals surface area contributed by atoms with E-state index in [1.54, 1.807) is 17.0 Å². The number of carbonyl (C=O) groups excluding carboxylic acids is 1. The lowest BCUT2D eigenvalue weighted by atomic mass is 9.93. The lowest BCUT2D eigenvalue weighted by Gasteiger charge is -2.36. The highest BCUT2D eigenvalue weighted by Crippen LogP contribution is 2.38. The zero-order valence-electron chi connectivity index (χ0n) is 19.6. The van der Waals surface area contributed by atoms with Gasteiger partial charge in [-0.2, -0.15) is 13.2 Å². The normalized spacial score (nSPS) is 18.6. The Hall–Kier alpha value is -3.26. The first-order chi connectivity index (χ1) is 17.3. The van der Waals surface area contributed by atoms with Crippen LogP contribution in [0.1, 0.15) is 34.0 Å². The molecule has 3 aromatic rings. The number of halogens is 4. The van der Waals surface area contributed by atoms with Crippen molar-refractivity contribution in [1.82, 2.24) is 9.88 Å². The minimum Gasteiger partial charge on any atom is -0.368 e. The summed E-state index contributed by atoms with van der Waals surface area (Å²) in [7, 11) is 0. The quantitative estimate of drug-likeness (QED) is 0.447. The Labute approximate surface area is 213 Å². The second-order valence-electron chi connectivity index (χ2n) is 9.15. The van der Waals surface area contributed by atoms with Crippen LogP contribution in [0, 0.1) is 0 Å². The Morgan fingerprint density at radius 3 is 2.28 bits per heavy atom. The van der Waals surface area contributed by atoms with Crippen LogP contribution in [0.3, 0.4) is 0 Å². The highest BCUT2D eigenvalue weighted by molar-refractivity contribution is 6.30. The molecule has 36 heavy (non-hydrogen) atoms. The highest BCUT2D eigenvalue weighted by atomic mass is 35.5. The Kier molecular flexibility index (Phi) is 6.79. The number of benzene rings is 2. The minimum absolute atomic E-state index is 0.247. The average Bonchev–Trinajstić information content (AvgIpc) is 3.39. The summed E-state index contributed by atoms with van der Waals surface area (Å²) >= 11 is 5.99. The first kappa shape index (κ1) is 24.4. The molecular weight excluding hydrogens is 489 g/mol. The molecule has 5 rings (SSSR count). The van der Waals surface area contributed by atoms with Crippen LogP contribution in [0.15, 0.2) is 66.7 Å². The summed E-state index contributed by atoms with van der Waals surface area (Å²) in [6, 6.07) is 18.8. The topological polar surface area (TPSA) is 39.7 Å². The summed E-state index contributed by atoms with van der Waals surface area (Å²) in [6.45, 7) is 3.79. The molecule has 0 bridgehead atoms. The third-order valence-corrected chi connectivity index (χ3v) is 7.18. The van der Waals surface area contributed by atoms with E-state index in [2.05, 4.69) is 14.8 Å². The molecule has 2 aliphatic heterocycles. The van der Waals surface area contributed by atoms with Gasteiger partial charge in [-0.1, -0.05) is 35.9 Å². The summed E-state index contributed by atoms with van der Waals surface area (Å²) in [5.74, 6) is 0.134. The number of alkyl halides is 3. The van der Waals surface area contributed by atoms with E-state index in [1.807, 2.05) is 36.4 Å². The maximum atomic E-state index is 13.5. The predicted octanol–water partition coefficient (Wildman–Crippen LogP) is 5.71. The van der Waals surface area contributed by atoms with Gasteiger partial charge in [-0.3, -0.25) is 4.79 Å². The molecule has 0 radical (unpaired) electrons. The van der Waals surface area contributed by atoms with Crippen molar-refractivity contribution >= 4 is 29.0 Å². The van der Waals surface area contributed by atoms with Crippen molar-refractivity contribution in [3.05, 3.63) is 88.6 Å².